The fraction of sp³-hybridized carbons (Fsp3) is 0.700. The van der Waals surface area contributed by atoms with Crippen molar-refractivity contribution >= 4 is 0 Å². The Hall–Kier alpha value is -0.860. The van der Waals surface area contributed by atoms with E-state index in [4.69, 9.17) is 0 Å². The summed E-state index contributed by atoms with van der Waals surface area (Å²) < 4.78 is 0. The fourth-order valence-corrected chi connectivity index (χ4v) is 4.02. The molecule has 1 saturated carbocycles. The van der Waals surface area contributed by atoms with Gasteiger partial charge in [-0.25, -0.2) is 0 Å². The summed E-state index contributed by atoms with van der Waals surface area (Å²) in [5.41, 5.74) is 2.97. The van der Waals surface area contributed by atoms with Gasteiger partial charge in [-0.1, -0.05) is 43.5 Å². The van der Waals surface area contributed by atoms with Crippen LogP contribution >= 0.6 is 0 Å². The molecule has 0 amide bonds. The third kappa shape index (κ3) is 4.57. The summed E-state index contributed by atoms with van der Waals surface area (Å²) in [6.07, 6.45) is 11.1. The van der Waals surface area contributed by atoms with Gasteiger partial charge >= 0.3 is 0 Å². The van der Waals surface area contributed by atoms with E-state index in [9.17, 15) is 0 Å². The van der Waals surface area contributed by atoms with Crippen LogP contribution in [-0.4, -0.2) is 42.5 Å². The lowest BCUT2D eigenvalue weighted by Crippen LogP contribution is -2.34. The molecular formula is C20H32N2. The highest BCUT2D eigenvalue weighted by atomic mass is 15.1. The SMILES string of the molecule is CN(CCc1ccc(CN2CCCC2)cc1)C1CCCCC1. The smallest absolute Gasteiger partial charge is 0.0233 e. The van der Waals surface area contributed by atoms with E-state index in [-0.39, 0.29) is 0 Å². The van der Waals surface area contributed by atoms with E-state index in [2.05, 4.69) is 41.1 Å². The summed E-state index contributed by atoms with van der Waals surface area (Å²) >= 11 is 0. The van der Waals surface area contributed by atoms with Gasteiger partial charge < -0.3 is 4.90 Å². The van der Waals surface area contributed by atoms with Gasteiger partial charge in [0, 0.05) is 19.1 Å². The van der Waals surface area contributed by atoms with Crippen molar-refractivity contribution in [2.24, 2.45) is 0 Å². The summed E-state index contributed by atoms with van der Waals surface area (Å²) in [4.78, 5) is 5.17. The molecule has 0 radical (unpaired) electrons. The van der Waals surface area contributed by atoms with Gasteiger partial charge in [0.05, 0.1) is 0 Å². The zero-order chi connectivity index (χ0) is 15.2. The topological polar surface area (TPSA) is 6.48 Å². The maximum absolute atomic E-state index is 2.59. The number of likely N-dealkylation sites (tertiary alicyclic amines) is 1. The van der Waals surface area contributed by atoms with Crippen LogP contribution in [0.5, 0.6) is 0 Å². The van der Waals surface area contributed by atoms with E-state index in [1.807, 2.05) is 0 Å². The van der Waals surface area contributed by atoms with Gasteiger partial charge in [0.1, 0.15) is 0 Å². The Bertz CT molecular complexity index is 428. The van der Waals surface area contributed by atoms with Gasteiger partial charge in [-0.3, -0.25) is 4.90 Å². The first-order valence-corrected chi connectivity index (χ1v) is 9.32. The minimum Gasteiger partial charge on any atom is -0.303 e. The first-order valence-electron chi connectivity index (χ1n) is 9.32. The van der Waals surface area contributed by atoms with E-state index >= 15 is 0 Å². The van der Waals surface area contributed by atoms with E-state index in [0.29, 0.717) is 0 Å². The van der Waals surface area contributed by atoms with Crippen molar-refractivity contribution in [3.63, 3.8) is 0 Å². The Morgan fingerprint density at radius 2 is 1.55 bits per heavy atom. The molecule has 0 unspecified atom stereocenters. The Labute approximate surface area is 136 Å². The Kier molecular flexibility index (Phi) is 5.91. The monoisotopic (exact) mass is 300 g/mol. The van der Waals surface area contributed by atoms with Crippen LogP contribution in [0.25, 0.3) is 0 Å². The minimum atomic E-state index is 0.836. The lowest BCUT2D eigenvalue weighted by molar-refractivity contribution is 0.194. The van der Waals surface area contributed by atoms with Crippen LogP contribution in [-0.2, 0) is 13.0 Å². The zero-order valence-corrected chi connectivity index (χ0v) is 14.3. The van der Waals surface area contributed by atoms with Crippen molar-refractivity contribution < 1.29 is 0 Å². The minimum absolute atomic E-state index is 0.836. The predicted octanol–water partition coefficient (Wildman–Crippen LogP) is 4.09. The van der Waals surface area contributed by atoms with Gasteiger partial charge in [-0.15, -0.1) is 0 Å². The lowest BCUT2D eigenvalue weighted by atomic mass is 9.94. The molecule has 22 heavy (non-hydrogen) atoms. The van der Waals surface area contributed by atoms with Crippen molar-refractivity contribution in [3.05, 3.63) is 35.4 Å². The number of likely N-dealkylation sites (N-methyl/N-ethyl adjacent to an activating group) is 1. The highest BCUT2D eigenvalue weighted by Crippen LogP contribution is 2.22. The van der Waals surface area contributed by atoms with Crippen LogP contribution in [0, 0.1) is 0 Å². The molecule has 1 aromatic carbocycles. The van der Waals surface area contributed by atoms with Crippen LogP contribution in [0.4, 0.5) is 0 Å². The predicted molar refractivity (Wildman–Crippen MR) is 94.2 cm³/mol. The average Bonchev–Trinajstić information content (AvgIpc) is 3.08. The Balaban J connectivity index is 1.44. The van der Waals surface area contributed by atoms with Crippen molar-refractivity contribution in [3.8, 4) is 0 Å². The summed E-state index contributed by atoms with van der Waals surface area (Å²) in [5, 5.41) is 0. The second-order valence-corrected chi connectivity index (χ2v) is 7.32. The van der Waals surface area contributed by atoms with Crippen LogP contribution in [0.1, 0.15) is 56.1 Å². The molecule has 2 aliphatic rings. The highest BCUT2D eigenvalue weighted by molar-refractivity contribution is 5.22. The van der Waals surface area contributed by atoms with Gasteiger partial charge in [0.2, 0.25) is 0 Å². The van der Waals surface area contributed by atoms with E-state index in [1.165, 1.54) is 82.1 Å². The number of benzene rings is 1. The maximum Gasteiger partial charge on any atom is 0.0233 e. The van der Waals surface area contributed by atoms with Crippen molar-refractivity contribution in [2.75, 3.05) is 26.7 Å². The molecule has 2 nitrogen and oxygen atoms in total. The fourth-order valence-electron chi connectivity index (χ4n) is 4.02. The molecule has 0 spiro atoms. The van der Waals surface area contributed by atoms with Gasteiger partial charge in [-0.2, -0.15) is 0 Å². The number of nitrogens with zero attached hydrogens (tertiary/aromatic N) is 2. The normalized spacial score (nSPS) is 20.8. The van der Waals surface area contributed by atoms with E-state index < -0.39 is 0 Å². The molecule has 0 aromatic heterocycles. The van der Waals surface area contributed by atoms with Gasteiger partial charge in [0.15, 0.2) is 0 Å². The second kappa shape index (κ2) is 8.12. The molecule has 1 heterocycles. The number of hydrogen-bond donors (Lipinski definition) is 0. The zero-order valence-electron chi connectivity index (χ0n) is 14.3. The lowest BCUT2D eigenvalue weighted by Gasteiger charge is -2.31. The molecule has 0 atom stereocenters. The quantitative estimate of drug-likeness (QED) is 0.781. The Morgan fingerprint density at radius 1 is 0.909 bits per heavy atom. The van der Waals surface area contributed by atoms with Crippen LogP contribution in [0.15, 0.2) is 24.3 Å². The Morgan fingerprint density at radius 3 is 2.23 bits per heavy atom. The second-order valence-electron chi connectivity index (χ2n) is 7.32. The average molecular weight is 300 g/mol. The third-order valence-electron chi connectivity index (χ3n) is 5.58. The largest absolute Gasteiger partial charge is 0.303 e. The third-order valence-corrected chi connectivity index (χ3v) is 5.58. The van der Waals surface area contributed by atoms with Crippen LogP contribution in [0.3, 0.4) is 0 Å². The first kappa shape index (κ1) is 16.0. The van der Waals surface area contributed by atoms with E-state index in [1.54, 1.807) is 0 Å². The summed E-state index contributed by atoms with van der Waals surface area (Å²) in [7, 11) is 2.32. The molecular weight excluding hydrogens is 268 g/mol. The molecule has 0 bridgehead atoms. The molecule has 1 aromatic rings. The molecule has 3 rings (SSSR count). The summed E-state index contributed by atoms with van der Waals surface area (Å²) in [6.45, 7) is 4.92. The van der Waals surface area contributed by atoms with Crippen molar-refractivity contribution in [2.45, 2.75) is 64.0 Å². The van der Waals surface area contributed by atoms with Gasteiger partial charge in [0.25, 0.3) is 0 Å². The summed E-state index contributed by atoms with van der Waals surface area (Å²) in [6, 6.07) is 10.2. The summed E-state index contributed by atoms with van der Waals surface area (Å²) in [5.74, 6) is 0. The molecule has 2 fully saturated rings. The molecule has 122 valence electrons. The molecule has 1 aliphatic heterocycles. The molecule has 2 heteroatoms. The number of rotatable bonds is 6. The van der Waals surface area contributed by atoms with Gasteiger partial charge in [-0.05, 0) is 63.4 Å². The highest BCUT2D eigenvalue weighted by Gasteiger charge is 2.17. The molecule has 0 N–H and O–H groups in total. The van der Waals surface area contributed by atoms with Crippen LogP contribution in [0.2, 0.25) is 0 Å². The van der Waals surface area contributed by atoms with Crippen LogP contribution < -0.4 is 0 Å². The molecule has 1 aliphatic carbocycles. The van der Waals surface area contributed by atoms with Crippen molar-refractivity contribution in [1.82, 2.24) is 9.80 Å². The molecule has 1 saturated heterocycles. The van der Waals surface area contributed by atoms with E-state index in [0.717, 1.165) is 12.6 Å². The maximum atomic E-state index is 2.59. The standard InChI is InChI=1S/C20H32N2/c1-21(20-7-3-2-4-8-20)16-13-18-9-11-19(12-10-18)17-22-14-5-6-15-22/h9-12,20H,2-8,13-17H2,1H3. The number of hydrogen-bond acceptors (Lipinski definition) is 2. The first-order chi connectivity index (χ1) is 10.8. The van der Waals surface area contributed by atoms with Crippen molar-refractivity contribution in [1.29, 1.82) is 0 Å².